The molecule has 2 aliphatic heterocycles. The van der Waals surface area contributed by atoms with E-state index in [1.807, 2.05) is 0 Å². The zero-order valence-electron chi connectivity index (χ0n) is 17.7. The predicted molar refractivity (Wildman–Crippen MR) is 114 cm³/mol. The molecule has 8 nitrogen and oxygen atoms in total. The molecule has 1 atom stereocenters. The van der Waals surface area contributed by atoms with E-state index in [9.17, 15) is 19.1 Å². The van der Waals surface area contributed by atoms with E-state index in [2.05, 4.69) is 4.98 Å². The number of nitrogens with zero attached hydrogens (tertiary/aromatic N) is 2. The van der Waals surface area contributed by atoms with Crippen LogP contribution >= 0.6 is 0 Å². The smallest absolute Gasteiger partial charge is 0.261 e. The fraction of sp³-hybridized carbons (Fsp3) is 0.292. The summed E-state index contributed by atoms with van der Waals surface area (Å²) in [6.07, 6.45) is -1.04. The average Bonchev–Trinajstić information content (AvgIpc) is 3.09. The number of rotatable bonds is 5. The van der Waals surface area contributed by atoms with Crippen LogP contribution in [0.5, 0.6) is 5.75 Å². The molecule has 5 rings (SSSR count). The fourth-order valence-corrected chi connectivity index (χ4v) is 4.29. The van der Waals surface area contributed by atoms with Gasteiger partial charge in [0.15, 0.2) is 6.29 Å². The van der Waals surface area contributed by atoms with Gasteiger partial charge in [0.2, 0.25) is 0 Å². The van der Waals surface area contributed by atoms with Gasteiger partial charge in [0.1, 0.15) is 11.6 Å². The maximum absolute atomic E-state index is 14.6. The molecule has 0 aliphatic carbocycles. The van der Waals surface area contributed by atoms with Crippen molar-refractivity contribution in [2.75, 3.05) is 20.3 Å². The molecule has 3 heterocycles. The van der Waals surface area contributed by atoms with Crippen LogP contribution in [0.2, 0.25) is 0 Å². The standard InChI is InChI=1S/C24H21FN2O6/c1-31-14-6-7-19-17(8-14)22(18(25)10-26-19)20(28)9-21-32-11-13(12-33-21)27-23(29)15-4-2-3-5-16(15)24(27)30/h2-8,10,13,20-21,28H,9,11-12H2,1H3/t13-,20-,21-/m0/s1. The van der Waals surface area contributed by atoms with Gasteiger partial charge in [-0.15, -0.1) is 0 Å². The molecule has 1 aromatic heterocycles. The van der Waals surface area contributed by atoms with Gasteiger partial charge in [0, 0.05) is 17.4 Å². The second-order valence-electron chi connectivity index (χ2n) is 7.93. The van der Waals surface area contributed by atoms with E-state index in [-0.39, 0.29) is 37.0 Å². The maximum atomic E-state index is 14.6. The number of imide groups is 1. The van der Waals surface area contributed by atoms with E-state index in [1.54, 1.807) is 42.5 Å². The third-order valence-corrected chi connectivity index (χ3v) is 5.96. The topological polar surface area (TPSA) is 98.2 Å². The van der Waals surface area contributed by atoms with Crippen molar-refractivity contribution in [3.63, 3.8) is 0 Å². The minimum Gasteiger partial charge on any atom is -0.497 e. The SMILES string of the molecule is COc1ccc2ncc(F)c([C@@H](O)C[C@H]3OC[C@H](N4C(=O)c5ccccc5C4=O)CO3)c2c1. The zero-order chi connectivity index (χ0) is 23.1. The second-order valence-corrected chi connectivity index (χ2v) is 7.93. The molecule has 0 spiro atoms. The fourth-order valence-electron chi connectivity index (χ4n) is 4.29. The number of carbonyl (C=O) groups is 2. The third-order valence-electron chi connectivity index (χ3n) is 5.96. The summed E-state index contributed by atoms with van der Waals surface area (Å²) >= 11 is 0. The highest BCUT2D eigenvalue weighted by atomic mass is 19.1. The van der Waals surface area contributed by atoms with Crippen LogP contribution in [-0.4, -0.2) is 59.5 Å². The largest absolute Gasteiger partial charge is 0.497 e. The Morgan fingerprint density at radius 1 is 1.15 bits per heavy atom. The van der Waals surface area contributed by atoms with Gasteiger partial charge < -0.3 is 19.3 Å². The molecule has 3 aromatic rings. The van der Waals surface area contributed by atoms with Gasteiger partial charge in [-0.25, -0.2) is 4.39 Å². The van der Waals surface area contributed by atoms with Crippen LogP contribution in [0.15, 0.2) is 48.7 Å². The molecule has 0 radical (unpaired) electrons. The number of halogens is 1. The quantitative estimate of drug-likeness (QED) is 0.595. The number of aliphatic hydroxyl groups is 1. The van der Waals surface area contributed by atoms with E-state index in [4.69, 9.17) is 14.2 Å². The number of fused-ring (bicyclic) bond motifs is 2. The molecular weight excluding hydrogens is 431 g/mol. The lowest BCUT2D eigenvalue weighted by Gasteiger charge is -2.34. The number of amides is 2. The minimum atomic E-state index is -1.23. The first-order valence-corrected chi connectivity index (χ1v) is 10.5. The molecular formula is C24H21FN2O6. The van der Waals surface area contributed by atoms with E-state index >= 15 is 0 Å². The summed E-state index contributed by atoms with van der Waals surface area (Å²) in [5.41, 5.74) is 1.31. The van der Waals surface area contributed by atoms with Gasteiger partial charge in [-0.3, -0.25) is 19.5 Å². The van der Waals surface area contributed by atoms with Crippen LogP contribution in [0.4, 0.5) is 4.39 Å². The van der Waals surface area contributed by atoms with Crippen molar-refractivity contribution in [2.24, 2.45) is 0 Å². The monoisotopic (exact) mass is 452 g/mol. The number of aliphatic hydroxyl groups excluding tert-OH is 1. The number of aromatic nitrogens is 1. The number of pyridine rings is 1. The Balaban J connectivity index is 1.28. The lowest BCUT2D eigenvalue weighted by molar-refractivity contribution is -0.208. The summed E-state index contributed by atoms with van der Waals surface area (Å²) in [6.45, 7) is 0.104. The molecule has 1 saturated heterocycles. The van der Waals surface area contributed by atoms with Gasteiger partial charge in [0.05, 0.1) is 55.3 Å². The molecule has 9 heteroatoms. The first kappa shape index (κ1) is 21.4. The van der Waals surface area contributed by atoms with E-state index in [0.29, 0.717) is 27.8 Å². The molecule has 1 fully saturated rings. The van der Waals surface area contributed by atoms with Gasteiger partial charge in [-0.05, 0) is 30.3 Å². The van der Waals surface area contributed by atoms with E-state index in [1.165, 1.54) is 7.11 Å². The van der Waals surface area contributed by atoms with E-state index < -0.39 is 24.3 Å². The lowest BCUT2D eigenvalue weighted by Crippen LogP contribution is -2.50. The number of carbonyl (C=O) groups excluding carboxylic acids is 2. The predicted octanol–water partition coefficient (Wildman–Crippen LogP) is 2.84. The van der Waals surface area contributed by atoms with Crippen molar-refractivity contribution in [3.8, 4) is 5.75 Å². The van der Waals surface area contributed by atoms with Crippen molar-refractivity contribution in [2.45, 2.75) is 24.9 Å². The molecule has 1 N–H and O–H groups in total. The normalized spacial score (nSPS) is 21.4. The summed E-state index contributed by atoms with van der Waals surface area (Å²) in [5.74, 6) is -0.906. The highest BCUT2D eigenvalue weighted by Crippen LogP contribution is 2.33. The molecule has 170 valence electrons. The van der Waals surface area contributed by atoms with Gasteiger partial charge in [-0.2, -0.15) is 0 Å². The Kier molecular flexibility index (Phi) is 5.53. The number of hydrogen-bond acceptors (Lipinski definition) is 7. The molecule has 33 heavy (non-hydrogen) atoms. The van der Waals surface area contributed by atoms with Crippen LogP contribution in [-0.2, 0) is 9.47 Å². The Labute approximate surface area is 188 Å². The summed E-state index contributed by atoms with van der Waals surface area (Å²) in [6, 6.07) is 11.1. The first-order chi connectivity index (χ1) is 16.0. The Hall–Kier alpha value is -3.40. The van der Waals surface area contributed by atoms with Crippen LogP contribution in [0.1, 0.15) is 38.8 Å². The van der Waals surface area contributed by atoms with Crippen LogP contribution in [0.25, 0.3) is 10.9 Å². The van der Waals surface area contributed by atoms with E-state index in [0.717, 1.165) is 11.1 Å². The number of methoxy groups -OCH3 is 1. The number of ether oxygens (including phenoxy) is 3. The Morgan fingerprint density at radius 3 is 2.45 bits per heavy atom. The second kappa shape index (κ2) is 8.51. The van der Waals surface area contributed by atoms with Crippen LogP contribution < -0.4 is 4.74 Å². The van der Waals surface area contributed by atoms with Crippen LogP contribution in [0, 0.1) is 5.82 Å². The van der Waals surface area contributed by atoms with Crippen molar-refractivity contribution in [3.05, 3.63) is 71.2 Å². The molecule has 0 unspecified atom stereocenters. The average molecular weight is 452 g/mol. The summed E-state index contributed by atoms with van der Waals surface area (Å²) in [4.78, 5) is 30.5. The van der Waals surface area contributed by atoms with Gasteiger partial charge in [-0.1, -0.05) is 12.1 Å². The Bertz CT molecular complexity index is 1210. The molecule has 2 amide bonds. The highest BCUT2D eigenvalue weighted by Gasteiger charge is 2.42. The summed E-state index contributed by atoms with van der Waals surface area (Å²) in [7, 11) is 1.50. The maximum Gasteiger partial charge on any atom is 0.261 e. The van der Waals surface area contributed by atoms with Crippen molar-refractivity contribution < 1.29 is 33.3 Å². The zero-order valence-corrected chi connectivity index (χ0v) is 17.7. The van der Waals surface area contributed by atoms with Crippen molar-refractivity contribution >= 4 is 22.7 Å². The lowest BCUT2D eigenvalue weighted by atomic mass is 10.0. The van der Waals surface area contributed by atoms with Crippen LogP contribution in [0.3, 0.4) is 0 Å². The van der Waals surface area contributed by atoms with Crippen molar-refractivity contribution in [1.29, 1.82) is 0 Å². The third kappa shape index (κ3) is 3.74. The van der Waals surface area contributed by atoms with Crippen molar-refractivity contribution in [1.82, 2.24) is 9.88 Å². The van der Waals surface area contributed by atoms with Gasteiger partial charge in [0.25, 0.3) is 11.8 Å². The summed E-state index contributed by atoms with van der Waals surface area (Å²) < 4.78 is 31.2. The summed E-state index contributed by atoms with van der Waals surface area (Å²) in [5, 5.41) is 11.2. The highest BCUT2D eigenvalue weighted by molar-refractivity contribution is 6.21. The molecule has 2 aromatic carbocycles. The van der Waals surface area contributed by atoms with Gasteiger partial charge >= 0.3 is 0 Å². The number of hydrogen-bond donors (Lipinski definition) is 1. The molecule has 0 saturated carbocycles. The molecule has 0 bridgehead atoms. The molecule has 2 aliphatic rings. The Morgan fingerprint density at radius 2 is 1.82 bits per heavy atom. The first-order valence-electron chi connectivity index (χ1n) is 10.5. The number of benzene rings is 2. The minimum absolute atomic E-state index is 0.0396.